The van der Waals surface area contributed by atoms with Crippen molar-refractivity contribution in [1.29, 1.82) is 0 Å². The molecular formula is C32H30P2. The fraction of sp³-hybridized carbons (Fsp3) is 0.125. The molecule has 168 valence electrons. The molecule has 0 saturated heterocycles. The van der Waals surface area contributed by atoms with E-state index in [0.717, 1.165) is 6.42 Å². The second-order valence-electron chi connectivity index (χ2n) is 8.58. The number of rotatable bonds is 7. The molecular weight excluding hydrogens is 446 g/mol. The fourth-order valence-electron chi connectivity index (χ4n) is 5.09. The fourth-order valence-corrected chi connectivity index (χ4v) is 11.8. The zero-order chi connectivity index (χ0) is 23.2. The molecule has 2 atom stereocenters. The van der Waals surface area contributed by atoms with Gasteiger partial charge in [-0.2, -0.15) is 0 Å². The predicted octanol–water partition coefficient (Wildman–Crippen LogP) is 6.90. The lowest BCUT2D eigenvalue weighted by atomic mass is 9.96. The van der Waals surface area contributed by atoms with E-state index in [1.807, 2.05) is 0 Å². The van der Waals surface area contributed by atoms with Gasteiger partial charge in [0.1, 0.15) is 0 Å². The van der Waals surface area contributed by atoms with E-state index < -0.39 is 15.8 Å². The van der Waals surface area contributed by atoms with Crippen molar-refractivity contribution in [3.05, 3.63) is 146 Å². The molecule has 0 saturated carbocycles. The zero-order valence-corrected chi connectivity index (χ0v) is 21.3. The van der Waals surface area contributed by atoms with Gasteiger partial charge in [-0.25, -0.2) is 0 Å². The smallest absolute Gasteiger partial charge is 0.0273 e. The van der Waals surface area contributed by atoms with Crippen LogP contribution in [0, 0.1) is 0 Å². The Balaban J connectivity index is 1.74. The van der Waals surface area contributed by atoms with Crippen LogP contribution in [0.3, 0.4) is 0 Å². The van der Waals surface area contributed by atoms with Crippen LogP contribution in [0.4, 0.5) is 0 Å². The van der Waals surface area contributed by atoms with Gasteiger partial charge in [0.2, 0.25) is 0 Å². The Morgan fingerprint density at radius 2 is 0.971 bits per heavy atom. The van der Waals surface area contributed by atoms with E-state index in [9.17, 15) is 0 Å². The Morgan fingerprint density at radius 3 is 1.38 bits per heavy atom. The molecule has 34 heavy (non-hydrogen) atoms. The van der Waals surface area contributed by atoms with Gasteiger partial charge in [0.15, 0.2) is 0 Å². The molecule has 4 aromatic carbocycles. The van der Waals surface area contributed by atoms with E-state index in [2.05, 4.69) is 153 Å². The van der Waals surface area contributed by atoms with Crippen molar-refractivity contribution < 1.29 is 0 Å². The zero-order valence-electron chi connectivity index (χ0n) is 19.5. The van der Waals surface area contributed by atoms with Gasteiger partial charge in [0.05, 0.1) is 0 Å². The van der Waals surface area contributed by atoms with Crippen molar-refractivity contribution in [1.82, 2.24) is 0 Å². The summed E-state index contributed by atoms with van der Waals surface area (Å²) in [5.74, 6) is 0. The van der Waals surface area contributed by atoms with E-state index in [-0.39, 0.29) is 5.16 Å². The minimum absolute atomic E-state index is 0.0180. The number of benzene rings is 4. The van der Waals surface area contributed by atoms with Gasteiger partial charge in [0.25, 0.3) is 0 Å². The van der Waals surface area contributed by atoms with E-state index in [0.29, 0.717) is 5.66 Å². The van der Waals surface area contributed by atoms with Gasteiger partial charge in [-0.3, -0.25) is 0 Å². The highest BCUT2D eigenvalue weighted by atomic mass is 31.1. The predicted molar refractivity (Wildman–Crippen MR) is 153 cm³/mol. The van der Waals surface area contributed by atoms with Crippen LogP contribution in [0.1, 0.15) is 13.3 Å². The number of allylic oxidation sites excluding steroid dienone is 4. The monoisotopic (exact) mass is 476 g/mol. The summed E-state index contributed by atoms with van der Waals surface area (Å²) in [5.41, 5.74) is 0.397. The standard InChI is InChI=1S/C32H30P2/c1-2-32(34(29-21-11-5-12-22-29)30-23-13-6-14-24-30)26-16-15-25-31(32)33(27-17-7-3-8-18-27)28-19-9-4-10-20-28/h3-26,31H,2H2,1H3/t31?,32-/m1/s1. The Labute approximate surface area is 206 Å². The third-order valence-electron chi connectivity index (χ3n) is 6.66. The maximum atomic E-state index is 2.55. The van der Waals surface area contributed by atoms with Crippen molar-refractivity contribution >= 4 is 37.1 Å². The molecule has 0 bridgehead atoms. The third-order valence-corrected chi connectivity index (χ3v) is 13.0. The highest BCUT2D eigenvalue weighted by Gasteiger charge is 2.47. The molecule has 5 rings (SSSR count). The second kappa shape index (κ2) is 10.7. The molecule has 1 unspecified atom stereocenters. The summed E-state index contributed by atoms with van der Waals surface area (Å²) < 4.78 is 0. The summed E-state index contributed by atoms with van der Waals surface area (Å²) in [6, 6.07) is 44.8. The molecule has 1 aliphatic carbocycles. The molecule has 0 N–H and O–H groups in total. The van der Waals surface area contributed by atoms with Crippen LogP contribution in [0.15, 0.2) is 146 Å². The second-order valence-corrected chi connectivity index (χ2v) is 13.4. The average Bonchev–Trinajstić information content (AvgIpc) is 2.92. The molecule has 4 aromatic rings. The Kier molecular flexibility index (Phi) is 7.20. The van der Waals surface area contributed by atoms with Gasteiger partial charge in [-0.1, -0.05) is 153 Å². The molecule has 0 aliphatic heterocycles. The van der Waals surface area contributed by atoms with Gasteiger partial charge in [-0.05, 0) is 43.5 Å². The number of hydrogen-bond acceptors (Lipinski definition) is 0. The SMILES string of the molecule is CC[C@@]1(P(c2ccccc2)c2ccccc2)C=CC=CC1P(c1ccccc1)c1ccccc1. The van der Waals surface area contributed by atoms with Crippen molar-refractivity contribution in [2.24, 2.45) is 0 Å². The lowest BCUT2D eigenvalue weighted by Gasteiger charge is -2.48. The molecule has 0 nitrogen and oxygen atoms in total. The largest absolute Gasteiger partial charge is 0.0752 e. The van der Waals surface area contributed by atoms with Crippen LogP contribution in [0.5, 0.6) is 0 Å². The van der Waals surface area contributed by atoms with E-state index in [1.165, 1.54) is 21.2 Å². The Hall–Kier alpha value is -2.78. The minimum Gasteiger partial charge on any atom is -0.0752 e. The van der Waals surface area contributed by atoms with Crippen LogP contribution in [-0.2, 0) is 0 Å². The Bertz CT molecular complexity index is 1150. The highest BCUT2D eigenvalue weighted by Crippen LogP contribution is 2.62. The number of hydrogen-bond donors (Lipinski definition) is 0. The lowest BCUT2D eigenvalue weighted by Crippen LogP contribution is -2.45. The molecule has 0 radical (unpaired) electrons. The molecule has 0 fully saturated rings. The van der Waals surface area contributed by atoms with E-state index in [1.54, 1.807) is 0 Å². The van der Waals surface area contributed by atoms with Crippen LogP contribution >= 0.6 is 15.8 Å². The van der Waals surface area contributed by atoms with Crippen molar-refractivity contribution in [2.45, 2.75) is 24.2 Å². The van der Waals surface area contributed by atoms with E-state index >= 15 is 0 Å². The summed E-state index contributed by atoms with van der Waals surface area (Å²) in [7, 11) is -1.23. The molecule has 0 spiro atoms. The highest BCUT2D eigenvalue weighted by molar-refractivity contribution is 7.78. The third kappa shape index (κ3) is 4.46. The van der Waals surface area contributed by atoms with Crippen molar-refractivity contribution in [3.63, 3.8) is 0 Å². The minimum atomic E-state index is -0.628. The lowest BCUT2D eigenvalue weighted by molar-refractivity contribution is 0.689. The van der Waals surface area contributed by atoms with Crippen LogP contribution in [0.2, 0.25) is 0 Å². The van der Waals surface area contributed by atoms with Gasteiger partial charge in [-0.15, -0.1) is 0 Å². The quantitative estimate of drug-likeness (QED) is 0.255. The first-order chi connectivity index (χ1) is 16.8. The van der Waals surface area contributed by atoms with Crippen LogP contribution in [0.25, 0.3) is 0 Å². The molecule has 0 heterocycles. The van der Waals surface area contributed by atoms with Gasteiger partial charge >= 0.3 is 0 Å². The summed E-state index contributed by atoms with van der Waals surface area (Å²) in [5, 5.41) is 5.81. The first-order valence-electron chi connectivity index (χ1n) is 12.0. The van der Waals surface area contributed by atoms with Crippen molar-refractivity contribution in [3.8, 4) is 0 Å². The van der Waals surface area contributed by atoms with E-state index in [4.69, 9.17) is 0 Å². The first-order valence-corrected chi connectivity index (χ1v) is 14.7. The maximum Gasteiger partial charge on any atom is 0.0273 e. The topological polar surface area (TPSA) is 0 Å². The van der Waals surface area contributed by atoms with Crippen LogP contribution in [-0.4, -0.2) is 10.8 Å². The summed E-state index contributed by atoms with van der Waals surface area (Å²) in [6.45, 7) is 2.39. The average molecular weight is 477 g/mol. The maximum absolute atomic E-state index is 2.55. The summed E-state index contributed by atoms with van der Waals surface area (Å²) in [4.78, 5) is 0. The summed E-state index contributed by atoms with van der Waals surface area (Å²) >= 11 is 0. The first kappa shape index (κ1) is 23.0. The normalized spacial score (nSPS) is 19.6. The Morgan fingerprint density at radius 1 is 0.559 bits per heavy atom. The molecule has 0 amide bonds. The van der Waals surface area contributed by atoms with Crippen LogP contribution < -0.4 is 21.2 Å². The molecule has 0 aromatic heterocycles. The molecule has 2 heteroatoms. The van der Waals surface area contributed by atoms with Gasteiger partial charge < -0.3 is 0 Å². The summed E-state index contributed by atoms with van der Waals surface area (Å²) in [6.07, 6.45) is 10.7. The van der Waals surface area contributed by atoms with Gasteiger partial charge in [0, 0.05) is 10.8 Å². The van der Waals surface area contributed by atoms with Crippen molar-refractivity contribution in [2.75, 3.05) is 0 Å². The molecule has 1 aliphatic rings.